The molecule has 1 heterocycles. The van der Waals surface area contributed by atoms with Crippen molar-refractivity contribution in [2.45, 2.75) is 26.3 Å². The normalized spacial score (nSPS) is 12.3. The quantitative estimate of drug-likeness (QED) is 0.702. The Bertz CT molecular complexity index is 466. The van der Waals surface area contributed by atoms with Crippen LogP contribution in [0, 0.1) is 0 Å². The van der Waals surface area contributed by atoms with Crippen LogP contribution in [0.5, 0.6) is 0 Å². The predicted octanol–water partition coefficient (Wildman–Crippen LogP) is 3.55. The van der Waals surface area contributed by atoms with Crippen LogP contribution in [0.1, 0.15) is 20.8 Å². The van der Waals surface area contributed by atoms with Crippen molar-refractivity contribution in [2.24, 2.45) is 0 Å². The molecule has 0 bridgehead atoms. The SMILES string of the molecule is CC(C)(C)n1cnc2c(Br)cccc21. The highest BCUT2D eigenvalue weighted by Crippen LogP contribution is 2.26. The van der Waals surface area contributed by atoms with Gasteiger partial charge in [-0.25, -0.2) is 4.98 Å². The number of nitrogens with zero attached hydrogens (tertiary/aromatic N) is 2. The molecule has 0 atom stereocenters. The fraction of sp³-hybridized carbons (Fsp3) is 0.364. The lowest BCUT2D eigenvalue weighted by molar-refractivity contribution is 0.408. The molecule has 0 aliphatic carbocycles. The van der Waals surface area contributed by atoms with E-state index < -0.39 is 0 Å². The Balaban J connectivity index is 2.76. The van der Waals surface area contributed by atoms with E-state index in [-0.39, 0.29) is 5.54 Å². The molecule has 2 rings (SSSR count). The summed E-state index contributed by atoms with van der Waals surface area (Å²) in [5, 5.41) is 0. The summed E-state index contributed by atoms with van der Waals surface area (Å²) in [4.78, 5) is 4.40. The zero-order valence-electron chi connectivity index (χ0n) is 8.58. The summed E-state index contributed by atoms with van der Waals surface area (Å²) < 4.78 is 3.24. The van der Waals surface area contributed by atoms with Gasteiger partial charge in [0.15, 0.2) is 0 Å². The standard InChI is InChI=1S/C11H13BrN2/c1-11(2,3)14-7-13-10-8(12)5-4-6-9(10)14/h4-7H,1-3H3. The molecule has 0 N–H and O–H groups in total. The first-order valence-electron chi connectivity index (χ1n) is 4.62. The van der Waals surface area contributed by atoms with Gasteiger partial charge < -0.3 is 4.57 Å². The molecular formula is C11H13BrN2. The maximum atomic E-state index is 4.40. The monoisotopic (exact) mass is 252 g/mol. The molecule has 1 aromatic carbocycles. The highest BCUT2D eigenvalue weighted by molar-refractivity contribution is 9.10. The van der Waals surface area contributed by atoms with E-state index in [0.717, 1.165) is 9.99 Å². The van der Waals surface area contributed by atoms with Gasteiger partial charge in [-0.2, -0.15) is 0 Å². The minimum Gasteiger partial charge on any atom is -0.325 e. The van der Waals surface area contributed by atoms with Gasteiger partial charge in [-0.05, 0) is 48.8 Å². The van der Waals surface area contributed by atoms with Gasteiger partial charge in [0.05, 0.1) is 11.8 Å². The van der Waals surface area contributed by atoms with Gasteiger partial charge in [0.2, 0.25) is 0 Å². The molecule has 0 spiro atoms. The van der Waals surface area contributed by atoms with E-state index in [4.69, 9.17) is 0 Å². The second kappa shape index (κ2) is 3.09. The van der Waals surface area contributed by atoms with E-state index in [9.17, 15) is 0 Å². The highest BCUT2D eigenvalue weighted by atomic mass is 79.9. The van der Waals surface area contributed by atoms with Gasteiger partial charge >= 0.3 is 0 Å². The van der Waals surface area contributed by atoms with Crippen LogP contribution < -0.4 is 0 Å². The summed E-state index contributed by atoms with van der Waals surface area (Å²) in [6, 6.07) is 6.15. The first kappa shape index (κ1) is 9.71. The van der Waals surface area contributed by atoms with Crippen molar-refractivity contribution in [1.29, 1.82) is 0 Å². The van der Waals surface area contributed by atoms with Crippen molar-refractivity contribution < 1.29 is 0 Å². The van der Waals surface area contributed by atoms with Gasteiger partial charge in [-0.3, -0.25) is 0 Å². The Morgan fingerprint density at radius 3 is 2.64 bits per heavy atom. The van der Waals surface area contributed by atoms with Crippen LogP contribution in [0.3, 0.4) is 0 Å². The number of fused-ring (bicyclic) bond motifs is 1. The molecule has 14 heavy (non-hydrogen) atoms. The Morgan fingerprint density at radius 2 is 2.00 bits per heavy atom. The second-order valence-electron chi connectivity index (χ2n) is 4.39. The largest absolute Gasteiger partial charge is 0.325 e. The number of aromatic nitrogens is 2. The molecule has 2 nitrogen and oxygen atoms in total. The van der Waals surface area contributed by atoms with Gasteiger partial charge in [0.25, 0.3) is 0 Å². The summed E-state index contributed by atoms with van der Waals surface area (Å²) in [6.07, 6.45) is 1.90. The zero-order valence-corrected chi connectivity index (χ0v) is 10.2. The number of halogens is 1. The van der Waals surface area contributed by atoms with Crippen molar-refractivity contribution in [2.75, 3.05) is 0 Å². The van der Waals surface area contributed by atoms with E-state index in [0.29, 0.717) is 0 Å². The molecule has 0 saturated heterocycles. The van der Waals surface area contributed by atoms with Gasteiger partial charge in [0, 0.05) is 10.0 Å². The van der Waals surface area contributed by atoms with E-state index in [1.165, 1.54) is 5.52 Å². The van der Waals surface area contributed by atoms with Crippen LogP contribution in [-0.2, 0) is 5.54 Å². The number of benzene rings is 1. The van der Waals surface area contributed by atoms with Crippen molar-refractivity contribution in [1.82, 2.24) is 9.55 Å². The van der Waals surface area contributed by atoms with Crippen molar-refractivity contribution >= 4 is 27.0 Å². The average Bonchev–Trinajstić information content (AvgIpc) is 2.47. The fourth-order valence-electron chi connectivity index (χ4n) is 1.54. The Kier molecular flexibility index (Phi) is 2.14. The molecule has 3 heteroatoms. The van der Waals surface area contributed by atoms with Crippen LogP contribution >= 0.6 is 15.9 Å². The summed E-state index contributed by atoms with van der Waals surface area (Å²) in [5.74, 6) is 0. The molecule has 74 valence electrons. The number of para-hydroxylation sites is 1. The molecule has 0 aliphatic rings. The minimum absolute atomic E-state index is 0.0789. The van der Waals surface area contributed by atoms with E-state index in [1.54, 1.807) is 0 Å². The lowest BCUT2D eigenvalue weighted by Crippen LogP contribution is -2.20. The van der Waals surface area contributed by atoms with Crippen LogP contribution in [0.25, 0.3) is 11.0 Å². The van der Waals surface area contributed by atoms with Crippen molar-refractivity contribution in [3.8, 4) is 0 Å². The molecule has 0 unspecified atom stereocenters. The third-order valence-electron chi connectivity index (χ3n) is 2.25. The summed E-state index contributed by atoms with van der Waals surface area (Å²) in [7, 11) is 0. The van der Waals surface area contributed by atoms with Crippen LogP contribution in [0.15, 0.2) is 29.0 Å². The average molecular weight is 253 g/mol. The summed E-state index contributed by atoms with van der Waals surface area (Å²) in [6.45, 7) is 6.53. The highest BCUT2D eigenvalue weighted by Gasteiger charge is 2.16. The summed E-state index contributed by atoms with van der Waals surface area (Å²) >= 11 is 3.50. The van der Waals surface area contributed by atoms with Crippen LogP contribution in [0.2, 0.25) is 0 Å². The van der Waals surface area contributed by atoms with Gasteiger partial charge in [-0.1, -0.05) is 6.07 Å². The van der Waals surface area contributed by atoms with Crippen LogP contribution in [0.4, 0.5) is 0 Å². The van der Waals surface area contributed by atoms with E-state index >= 15 is 0 Å². The topological polar surface area (TPSA) is 17.8 Å². The first-order valence-corrected chi connectivity index (χ1v) is 5.41. The maximum Gasteiger partial charge on any atom is 0.103 e. The molecule has 0 fully saturated rings. The third-order valence-corrected chi connectivity index (χ3v) is 2.89. The first-order chi connectivity index (χ1) is 6.50. The summed E-state index contributed by atoms with van der Waals surface area (Å²) in [5.41, 5.74) is 2.28. The van der Waals surface area contributed by atoms with E-state index in [1.807, 2.05) is 18.5 Å². The lowest BCUT2D eigenvalue weighted by atomic mass is 10.1. The molecule has 0 aliphatic heterocycles. The van der Waals surface area contributed by atoms with Gasteiger partial charge in [-0.15, -0.1) is 0 Å². The minimum atomic E-state index is 0.0789. The Hall–Kier alpha value is -0.830. The molecular weight excluding hydrogens is 240 g/mol. The number of rotatable bonds is 0. The molecule has 0 saturated carbocycles. The second-order valence-corrected chi connectivity index (χ2v) is 5.25. The number of hydrogen-bond acceptors (Lipinski definition) is 1. The fourth-order valence-corrected chi connectivity index (χ4v) is 2.00. The van der Waals surface area contributed by atoms with Gasteiger partial charge in [0.1, 0.15) is 5.52 Å². The smallest absolute Gasteiger partial charge is 0.103 e. The number of imidazole rings is 1. The maximum absolute atomic E-state index is 4.40. The van der Waals surface area contributed by atoms with E-state index in [2.05, 4.69) is 52.3 Å². The third kappa shape index (κ3) is 1.46. The van der Waals surface area contributed by atoms with Crippen molar-refractivity contribution in [3.05, 3.63) is 29.0 Å². The van der Waals surface area contributed by atoms with Crippen LogP contribution in [-0.4, -0.2) is 9.55 Å². The Labute approximate surface area is 92.1 Å². The molecule has 0 amide bonds. The zero-order chi connectivity index (χ0) is 10.3. The Morgan fingerprint density at radius 1 is 1.29 bits per heavy atom. The van der Waals surface area contributed by atoms with Crippen molar-refractivity contribution in [3.63, 3.8) is 0 Å². The predicted molar refractivity (Wildman–Crippen MR) is 62.4 cm³/mol. The lowest BCUT2D eigenvalue weighted by Gasteiger charge is -2.21. The molecule has 1 aromatic heterocycles. The molecule has 2 aromatic rings. The molecule has 0 radical (unpaired) electrons. The number of hydrogen-bond donors (Lipinski definition) is 0.